The van der Waals surface area contributed by atoms with E-state index in [0.29, 0.717) is 28.0 Å². The molecule has 7 N–H and O–H groups in total. The first-order chi connectivity index (χ1) is 27.2. The molecule has 0 radical (unpaired) electrons. The number of hydrogen-bond acceptors (Lipinski definition) is 14. The van der Waals surface area contributed by atoms with Crippen LogP contribution in [0.3, 0.4) is 0 Å². The molecule has 0 amide bonds. The van der Waals surface area contributed by atoms with E-state index in [1.807, 2.05) is 0 Å². The summed E-state index contributed by atoms with van der Waals surface area (Å²) in [5.41, 5.74) is 29.8. The Kier molecular flexibility index (Phi) is 14.6. The SMILES string of the molecule is CC(C)(C)[Si](C)(C)Cl.Cc1nc2c(ncn2[C@@H]2O[C@H](CN=[N+]=[N-])C(N)[C@@H]2O)c(=O)[nH]1.Cc1nc2c(ncn2[C@@H]2O[C@H](CN=[N+]=[N-])C(N)[C@@H]2O[Si](C)(C)C(C)(C)C)c(=O)[nH]1. The Morgan fingerprint density at radius 3 is 1.64 bits per heavy atom. The lowest BCUT2D eigenvalue weighted by molar-refractivity contribution is -0.0321. The number of fused-ring (bicyclic) bond motifs is 2. The number of aliphatic hydroxyl groups excluding tert-OH is 1. The number of azide groups is 2. The molecule has 4 aromatic heterocycles. The highest BCUT2D eigenvalue weighted by atomic mass is 35.6. The van der Waals surface area contributed by atoms with E-state index in [9.17, 15) is 14.7 Å². The van der Waals surface area contributed by atoms with Crippen LogP contribution in [0.2, 0.25) is 36.3 Å². The first-order valence-electron chi connectivity index (χ1n) is 19.0. The van der Waals surface area contributed by atoms with E-state index < -0.39 is 64.7 Å². The monoisotopic (exact) mass is 876 g/mol. The van der Waals surface area contributed by atoms with Crippen molar-refractivity contribution in [1.82, 2.24) is 39.0 Å². The summed E-state index contributed by atoms with van der Waals surface area (Å²) in [5.74, 6) is 0.890. The molecular weight excluding hydrogens is 820 g/mol. The molecule has 0 aromatic carbocycles. The van der Waals surface area contributed by atoms with E-state index in [1.165, 1.54) is 17.2 Å². The smallest absolute Gasteiger partial charge is 0.279 e. The van der Waals surface area contributed by atoms with Crippen molar-refractivity contribution in [3.8, 4) is 0 Å². The molecule has 0 saturated carbocycles. The number of aliphatic hydroxyl groups is 1. The zero-order chi connectivity index (χ0) is 44.4. The number of nitrogens with zero attached hydrogens (tertiary/aromatic N) is 12. The third-order valence-electron chi connectivity index (χ3n) is 11.2. The van der Waals surface area contributed by atoms with Gasteiger partial charge in [-0.15, -0.1) is 0 Å². The molecule has 22 nitrogen and oxygen atoms in total. The summed E-state index contributed by atoms with van der Waals surface area (Å²) in [4.78, 5) is 51.6. The molecule has 6 rings (SSSR count). The van der Waals surface area contributed by atoms with Crippen molar-refractivity contribution in [3.63, 3.8) is 0 Å². The van der Waals surface area contributed by atoms with Gasteiger partial charge in [0.05, 0.1) is 50.0 Å². The van der Waals surface area contributed by atoms with Crippen molar-refractivity contribution in [2.45, 2.75) is 141 Å². The topological polar surface area (TPSA) is 325 Å². The molecule has 2 saturated heterocycles. The van der Waals surface area contributed by atoms with Crippen molar-refractivity contribution in [2.24, 2.45) is 21.7 Å². The van der Waals surface area contributed by atoms with Gasteiger partial charge in [-0.1, -0.05) is 64.9 Å². The Balaban J connectivity index is 0.000000226. The second-order valence-corrected chi connectivity index (χ2v) is 29.7. The van der Waals surface area contributed by atoms with Crippen molar-refractivity contribution in [2.75, 3.05) is 13.1 Å². The van der Waals surface area contributed by atoms with Gasteiger partial charge in [0.1, 0.15) is 23.9 Å². The number of imidazole rings is 2. The highest BCUT2D eigenvalue weighted by Crippen LogP contribution is 2.42. The molecular formula is C34H57ClN16O6Si2. The summed E-state index contributed by atoms with van der Waals surface area (Å²) in [5, 5.41) is 17.6. The van der Waals surface area contributed by atoms with Crippen molar-refractivity contribution in [3.05, 3.63) is 65.9 Å². The zero-order valence-corrected chi connectivity index (χ0v) is 38.3. The van der Waals surface area contributed by atoms with Crippen LogP contribution >= 0.6 is 11.1 Å². The molecule has 2 aliphatic heterocycles. The lowest BCUT2D eigenvalue weighted by Crippen LogP contribution is -2.51. The minimum atomic E-state index is -2.20. The summed E-state index contributed by atoms with van der Waals surface area (Å²) < 4.78 is 21.6. The first kappa shape index (κ1) is 47.5. The summed E-state index contributed by atoms with van der Waals surface area (Å²) in [6.45, 7) is 25.1. The van der Waals surface area contributed by atoms with E-state index in [4.69, 9.17) is 47.5 Å². The van der Waals surface area contributed by atoms with Gasteiger partial charge in [-0.3, -0.25) is 18.7 Å². The molecule has 2 fully saturated rings. The number of aromatic nitrogens is 8. The molecule has 0 aliphatic carbocycles. The number of rotatable bonds is 8. The molecule has 2 aliphatic rings. The van der Waals surface area contributed by atoms with Gasteiger partial charge in [-0.05, 0) is 48.1 Å². The zero-order valence-electron chi connectivity index (χ0n) is 35.6. The van der Waals surface area contributed by atoms with Crippen LogP contribution < -0.4 is 22.6 Å². The number of nitrogens with two attached hydrogens (primary N) is 2. The standard InChI is InChI=1S/C17H28N8O3Si.C11H14N8O3.C6H15ClSi/c1-9-22-14-12(15(26)23-9)20-8-25(14)16-13(28-29(5,6)17(2,3)4)11(18)10(27-16)7-21-24-19;1-4-16-9-7(10(21)17-4)14-3-19(9)11-8(20)6(12)5(22-11)2-15-18-13;1-6(2,3)8(4,5)7/h8,10-11,13,16H,7,18H2,1-6H3,(H,22,23,26);3,5-6,8,11,20H,2,12H2,1H3,(H,16,17,21);1-5H3/t10-,11?,13+,16-;5-,6?,8+,11-;/m11./s1. The summed E-state index contributed by atoms with van der Waals surface area (Å²) in [6.07, 6.45) is -1.32. The second kappa shape index (κ2) is 18.2. The highest BCUT2D eigenvalue weighted by molar-refractivity contribution is 7.20. The van der Waals surface area contributed by atoms with Gasteiger partial charge < -0.3 is 40.4 Å². The quantitative estimate of drug-likeness (QED) is 0.0518. The maximum atomic E-state index is 12.2. The van der Waals surface area contributed by atoms with Crippen LogP contribution in [0.4, 0.5) is 0 Å². The average molecular weight is 878 g/mol. The van der Waals surface area contributed by atoms with E-state index in [1.54, 1.807) is 18.4 Å². The molecule has 25 heteroatoms. The molecule has 8 atom stereocenters. The van der Waals surface area contributed by atoms with Crippen molar-refractivity contribution >= 4 is 49.1 Å². The minimum absolute atomic E-state index is 0.00486. The summed E-state index contributed by atoms with van der Waals surface area (Å²) in [6, 6.07) is -1.24. The third kappa shape index (κ3) is 10.6. The third-order valence-corrected chi connectivity index (χ3v) is 20.9. The van der Waals surface area contributed by atoms with E-state index >= 15 is 0 Å². The van der Waals surface area contributed by atoms with Gasteiger partial charge in [0.2, 0.25) is 0 Å². The van der Waals surface area contributed by atoms with Crippen LogP contribution in [0.1, 0.15) is 65.6 Å². The number of nitrogens with one attached hydrogen (secondary N) is 2. The van der Waals surface area contributed by atoms with Crippen LogP contribution in [-0.4, -0.2) is 109 Å². The van der Waals surface area contributed by atoms with Crippen LogP contribution in [-0.2, 0) is 13.9 Å². The van der Waals surface area contributed by atoms with Gasteiger partial charge in [0.25, 0.3) is 11.1 Å². The maximum Gasteiger partial charge on any atom is 0.279 e. The molecule has 0 spiro atoms. The summed E-state index contributed by atoms with van der Waals surface area (Å²) >= 11 is 6.15. The van der Waals surface area contributed by atoms with Crippen molar-refractivity contribution < 1.29 is 19.0 Å². The fourth-order valence-electron chi connectivity index (χ4n) is 5.62. The Hall–Kier alpha value is -4.20. The van der Waals surface area contributed by atoms with Crippen LogP contribution in [0, 0.1) is 13.8 Å². The number of hydrogen-bond donors (Lipinski definition) is 5. The van der Waals surface area contributed by atoms with Crippen LogP contribution in [0.5, 0.6) is 0 Å². The molecule has 59 heavy (non-hydrogen) atoms. The minimum Gasteiger partial charge on any atom is -0.408 e. The molecule has 0 bridgehead atoms. The lowest BCUT2D eigenvalue weighted by atomic mass is 10.1. The molecule has 4 aromatic rings. The molecule has 324 valence electrons. The van der Waals surface area contributed by atoms with Gasteiger partial charge in [-0.2, -0.15) is 11.1 Å². The summed E-state index contributed by atoms with van der Waals surface area (Å²) in [7, 11) is -3.59. The normalized spacial score (nSPS) is 24.8. The Morgan fingerprint density at radius 2 is 1.24 bits per heavy atom. The van der Waals surface area contributed by atoms with E-state index in [0.717, 1.165) is 0 Å². The van der Waals surface area contributed by atoms with Gasteiger partial charge in [0.15, 0.2) is 50.5 Å². The predicted octanol–water partition coefficient (Wildman–Crippen LogP) is 4.91. The molecule has 6 heterocycles. The first-order valence-corrected chi connectivity index (χ1v) is 25.9. The predicted molar refractivity (Wildman–Crippen MR) is 229 cm³/mol. The van der Waals surface area contributed by atoms with Crippen molar-refractivity contribution in [1.29, 1.82) is 0 Å². The average Bonchev–Trinajstić information content (AvgIpc) is 3.87. The van der Waals surface area contributed by atoms with Gasteiger partial charge in [0, 0.05) is 9.82 Å². The second-order valence-electron chi connectivity index (χ2n) is 17.6. The number of ether oxygens (including phenoxy) is 2. The number of aryl methyl sites for hydroxylation is 2. The lowest BCUT2D eigenvalue weighted by Gasteiger charge is -2.40. The van der Waals surface area contributed by atoms with Crippen LogP contribution in [0.15, 0.2) is 32.5 Å². The maximum absolute atomic E-state index is 12.2. The van der Waals surface area contributed by atoms with E-state index in [-0.39, 0.29) is 40.3 Å². The Bertz CT molecular complexity index is 2300. The highest BCUT2D eigenvalue weighted by Gasteiger charge is 2.50. The van der Waals surface area contributed by atoms with Gasteiger partial charge >= 0.3 is 0 Å². The Morgan fingerprint density at radius 1 is 0.831 bits per heavy atom. The number of H-pyrrole nitrogens is 2. The van der Waals surface area contributed by atoms with Crippen LogP contribution in [0.25, 0.3) is 43.2 Å². The number of aromatic amines is 2. The fourth-order valence-corrected chi connectivity index (χ4v) is 6.93. The fraction of sp³-hybridized carbons (Fsp3) is 0.706. The van der Waals surface area contributed by atoms with Gasteiger partial charge in [-0.25, -0.2) is 19.9 Å². The Labute approximate surface area is 347 Å². The van der Waals surface area contributed by atoms with E-state index in [2.05, 4.69) is 118 Å². The largest absolute Gasteiger partial charge is 0.408 e. The number of halogens is 1. The molecule has 2 unspecified atom stereocenters.